The van der Waals surface area contributed by atoms with E-state index in [9.17, 15) is 14.4 Å². The number of nitrogens with one attached hydrogen (secondary N) is 3. The average Bonchev–Trinajstić information content (AvgIpc) is 2.73. The molecule has 8 heteroatoms. The summed E-state index contributed by atoms with van der Waals surface area (Å²) >= 11 is 3.32. The zero-order chi connectivity index (χ0) is 20.6. The summed E-state index contributed by atoms with van der Waals surface area (Å²) in [5, 5.41) is 8.40. The minimum absolute atomic E-state index is 0.0130. The fourth-order valence-electron chi connectivity index (χ4n) is 3.15. The maximum absolute atomic E-state index is 12.4. The molecule has 1 aliphatic rings. The van der Waals surface area contributed by atoms with Crippen molar-refractivity contribution < 1.29 is 14.4 Å². The predicted molar refractivity (Wildman–Crippen MR) is 115 cm³/mol. The summed E-state index contributed by atoms with van der Waals surface area (Å²) < 4.78 is 0.808. The molecule has 0 saturated carbocycles. The molecule has 3 N–H and O–H groups in total. The van der Waals surface area contributed by atoms with E-state index in [4.69, 9.17) is 0 Å². The second kappa shape index (κ2) is 10.1. The lowest BCUT2D eigenvalue weighted by atomic mass is 10.1. The first kappa shape index (κ1) is 20.9. The van der Waals surface area contributed by atoms with Crippen molar-refractivity contribution in [3.63, 3.8) is 0 Å². The molecule has 0 bridgehead atoms. The quantitative estimate of drug-likeness (QED) is 0.642. The molecule has 7 nitrogen and oxygen atoms in total. The third-order valence-electron chi connectivity index (χ3n) is 4.70. The Bertz CT molecular complexity index is 867. The fourth-order valence-corrected chi connectivity index (χ4v) is 3.55. The van der Waals surface area contributed by atoms with E-state index in [1.165, 1.54) is 0 Å². The van der Waals surface area contributed by atoms with Gasteiger partial charge in [-0.1, -0.05) is 40.2 Å². The van der Waals surface area contributed by atoms with Gasteiger partial charge in [0.2, 0.25) is 5.91 Å². The Morgan fingerprint density at radius 2 is 1.72 bits per heavy atom. The number of likely N-dealkylation sites (tertiary alicyclic amines) is 1. The lowest BCUT2D eigenvalue weighted by Crippen LogP contribution is -2.49. The van der Waals surface area contributed by atoms with E-state index in [-0.39, 0.29) is 30.4 Å². The number of anilines is 1. The minimum Gasteiger partial charge on any atom is -0.343 e. The van der Waals surface area contributed by atoms with Gasteiger partial charge >= 0.3 is 6.03 Å². The number of benzene rings is 2. The van der Waals surface area contributed by atoms with Crippen molar-refractivity contribution in [1.82, 2.24) is 15.5 Å². The number of rotatable bonds is 5. The van der Waals surface area contributed by atoms with Crippen LogP contribution in [0.4, 0.5) is 10.5 Å². The minimum atomic E-state index is -0.284. The van der Waals surface area contributed by atoms with Crippen molar-refractivity contribution >= 4 is 39.5 Å². The third kappa shape index (κ3) is 6.32. The van der Waals surface area contributed by atoms with Crippen LogP contribution in [0.25, 0.3) is 0 Å². The molecule has 0 aromatic heterocycles. The number of halogens is 1. The first-order valence-corrected chi connectivity index (χ1v) is 10.2. The topological polar surface area (TPSA) is 90.5 Å². The molecule has 0 unspecified atom stereocenters. The molecule has 0 aliphatic carbocycles. The monoisotopic (exact) mass is 458 g/mol. The van der Waals surface area contributed by atoms with Gasteiger partial charge < -0.3 is 20.9 Å². The SMILES string of the molecule is O=C(Nc1ccccc1)NC1CCN(C(=O)CNC(=O)c2cccc(Br)c2)CC1. The maximum atomic E-state index is 12.4. The summed E-state index contributed by atoms with van der Waals surface area (Å²) in [6, 6.07) is 16.0. The van der Waals surface area contributed by atoms with Gasteiger partial charge in [0.25, 0.3) is 5.91 Å². The molecule has 1 fully saturated rings. The van der Waals surface area contributed by atoms with Gasteiger partial charge in [-0.3, -0.25) is 9.59 Å². The summed E-state index contributed by atoms with van der Waals surface area (Å²) in [5.41, 5.74) is 1.23. The zero-order valence-corrected chi connectivity index (χ0v) is 17.4. The van der Waals surface area contributed by atoms with E-state index >= 15 is 0 Å². The number of hydrogen-bond acceptors (Lipinski definition) is 3. The summed E-state index contributed by atoms with van der Waals surface area (Å²) in [4.78, 5) is 38.3. The van der Waals surface area contributed by atoms with Gasteiger partial charge in [0.1, 0.15) is 0 Å². The van der Waals surface area contributed by atoms with E-state index in [1.807, 2.05) is 36.4 Å². The van der Waals surface area contributed by atoms with Crippen molar-refractivity contribution in [2.75, 3.05) is 25.0 Å². The van der Waals surface area contributed by atoms with Crippen LogP contribution in [-0.4, -0.2) is 48.4 Å². The van der Waals surface area contributed by atoms with Crippen LogP contribution in [0.2, 0.25) is 0 Å². The molecule has 0 spiro atoms. The normalized spacial score (nSPS) is 14.2. The summed E-state index contributed by atoms with van der Waals surface area (Å²) in [6.45, 7) is 1.04. The predicted octanol–water partition coefficient (Wildman–Crippen LogP) is 2.99. The molecular weight excluding hydrogens is 436 g/mol. The Balaban J connectivity index is 1.39. The highest BCUT2D eigenvalue weighted by atomic mass is 79.9. The smallest absolute Gasteiger partial charge is 0.319 e. The number of hydrogen-bond donors (Lipinski definition) is 3. The van der Waals surface area contributed by atoms with E-state index in [0.29, 0.717) is 31.5 Å². The largest absolute Gasteiger partial charge is 0.343 e. The highest BCUT2D eigenvalue weighted by Crippen LogP contribution is 2.13. The van der Waals surface area contributed by atoms with Crippen molar-refractivity contribution in [1.29, 1.82) is 0 Å². The number of nitrogens with zero attached hydrogens (tertiary/aromatic N) is 1. The first-order chi connectivity index (χ1) is 14.0. The lowest BCUT2D eigenvalue weighted by molar-refractivity contribution is -0.131. The van der Waals surface area contributed by atoms with Gasteiger partial charge in [0, 0.05) is 34.9 Å². The van der Waals surface area contributed by atoms with Gasteiger partial charge in [-0.2, -0.15) is 0 Å². The molecule has 2 aromatic carbocycles. The van der Waals surface area contributed by atoms with Crippen LogP contribution in [0.1, 0.15) is 23.2 Å². The van der Waals surface area contributed by atoms with Crippen molar-refractivity contribution in [3.05, 3.63) is 64.6 Å². The summed E-state index contributed by atoms with van der Waals surface area (Å²) in [5.74, 6) is -0.408. The molecule has 0 atom stereocenters. The van der Waals surface area contributed by atoms with Crippen LogP contribution < -0.4 is 16.0 Å². The van der Waals surface area contributed by atoms with E-state index in [2.05, 4.69) is 31.9 Å². The second-order valence-corrected chi connectivity index (χ2v) is 7.73. The zero-order valence-electron chi connectivity index (χ0n) is 15.9. The van der Waals surface area contributed by atoms with Crippen LogP contribution in [0.15, 0.2) is 59.1 Å². The molecule has 29 heavy (non-hydrogen) atoms. The van der Waals surface area contributed by atoms with Crippen molar-refractivity contribution in [2.45, 2.75) is 18.9 Å². The van der Waals surface area contributed by atoms with E-state index in [0.717, 1.165) is 10.2 Å². The average molecular weight is 459 g/mol. The molecule has 152 valence electrons. The van der Waals surface area contributed by atoms with Crippen LogP contribution >= 0.6 is 15.9 Å². The number of para-hydroxylation sites is 1. The standard InChI is InChI=1S/C21H23BrN4O3/c22-16-6-4-5-15(13-16)20(28)23-14-19(27)26-11-9-18(10-12-26)25-21(29)24-17-7-2-1-3-8-17/h1-8,13,18H,9-12,14H2,(H,23,28)(H2,24,25,29). The van der Waals surface area contributed by atoms with Crippen LogP contribution in [0.3, 0.4) is 0 Å². The highest BCUT2D eigenvalue weighted by molar-refractivity contribution is 9.10. The molecule has 4 amide bonds. The molecule has 0 radical (unpaired) electrons. The Labute approximate surface area is 178 Å². The molecule has 3 rings (SSSR count). The highest BCUT2D eigenvalue weighted by Gasteiger charge is 2.24. The van der Waals surface area contributed by atoms with Crippen molar-refractivity contribution in [3.8, 4) is 0 Å². The van der Waals surface area contributed by atoms with Gasteiger partial charge in [0.05, 0.1) is 6.54 Å². The Morgan fingerprint density at radius 3 is 2.41 bits per heavy atom. The maximum Gasteiger partial charge on any atom is 0.319 e. The third-order valence-corrected chi connectivity index (χ3v) is 5.19. The molecule has 1 saturated heterocycles. The number of carbonyl (C=O) groups excluding carboxylic acids is 3. The number of carbonyl (C=O) groups is 3. The number of urea groups is 1. The Hall–Kier alpha value is -2.87. The number of piperidine rings is 1. The van der Waals surface area contributed by atoms with Crippen LogP contribution in [-0.2, 0) is 4.79 Å². The van der Waals surface area contributed by atoms with Gasteiger partial charge in [-0.25, -0.2) is 4.79 Å². The van der Waals surface area contributed by atoms with Gasteiger partial charge in [-0.05, 0) is 43.2 Å². The molecule has 1 aliphatic heterocycles. The Morgan fingerprint density at radius 1 is 1.00 bits per heavy atom. The first-order valence-electron chi connectivity index (χ1n) is 9.45. The molecule has 1 heterocycles. The summed E-state index contributed by atoms with van der Waals surface area (Å²) in [6.07, 6.45) is 1.35. The van der Waals surface area contributed by atoms with Crippen LogP contribution in [0, 0.1) is 0 Å². The Kier molecular flexibility index (Phi) is 7.24. The second-order valence-electron chi connectivity index (χ2n) is 6.81. The summed E-state index contributed by atoms with van der Waals surface area (Å²) in [7, 11) is 0. The van der Waals surface area contributed by atoms with Gasteiger partial charge in [-0.15, -0.1) is 0 Å². The molecular formula is C21H23BrN4O3. The van der Waals surface area contributed by atoms with E-state index < -0.39 is 0 Å². The van der Waals surface area contributed by atoms with Gasteiger partial charge in [0.15, 0.2) is 0 Å². The van der Waals surface area contributed by atoms with E-state index in [1.54, 1.807) is 23.1 Å². The van der Waals surface area contributed by atoms with Crippen molar-refractivity contribution in [2.24, 2.45) is 0 Å². The number of amides is 4. The fraction of sp³-hybridized carbons (Fsp3) is 0.286. The van der Waals surface area contributed by atoms with Crippen LogP contribution in [0.5, 0.6) is 0 Å². The molecule has 2 aromatic rings. The lowest BCUT2D eigenvalue weighted by Gasteiger charge is -2.32.